The van der Waals surface area contributed by atoms with Crippen LogP contribution in [0.2, 0.25) is 0 Å². The van der Waals surface area contributed by atoms with E-state index in [1.165, 1.54) is 16.7 Å². The fourth-order valence-electron chi connectivity index (χ4n) is 1.74. The molecule has 1 aliphatic heterocycles. The van der Waals surface area contributed by atoms with Gasteiger partial charge in [-0.05, 0) is 25.5 Å². The summed E-state index contributed by atoms with van der Waals surface area (Å²) in [5, 5.41) is 8.60. The number of carboxylic acids is 1. The molecule has 1 aromatic rings. The lowest BCUT2D eigenvalue weighted by molar-refractivity contribution is -0.137. The minimum atomic E-state index is -0.878. The van der Waals surface area contributed by atoms with Gasteiger partial charge < -0.3 is 9.52 Å². The van der Waals surface area contributed by atoms with E-state index in [2.05, 4.69) is 0 Å². The van der Waals surface area contributed by atoms with E-state index in [4.69, 9.17) is 21.7 Å². The van der Waals surface area contributed by atoms with E-state index in [9.17, 15) is 9.59 Å². The monoisotopic (exact) mass is 311 g/mol. The Morgan fingerprint density at radius 1 is 1.55 bits per heavy atom. The Labute approximate surface area is 125 Å². The predicted molar refractivity (Wildman–Crippen MR) is 80.2 cm³/mol. The summed E-state index contributed by atoms with van der Waals surface area (Å²) in [6.07, 6.45) is 2.06. The normalized spacial score (nSPS) is 17.2. The number of thioether (sulfide) groups is 1. The van der Waals surface area contributed by atoms with Crippen LogP contribution >= 0.6 is 24.0 Å². The molecule has 1 aliphatic rings. The van der Waals surface area contributed by atoms with Gasteiger partial charge in [-0.25, -0.2) is 0 Å². The first-order valence-electron chi connectivity index (χ1n) is 6.01. The Morgan fingerprint density at radius 3 is 2.90 bits per heavy atom. The lowest BCUT2D eigenvalue weighted by Crippen LogP contribution is -2.29. The summed E-state index contributed by atoms with van der Waals surface area (Å²) in [7, 11) is 0. The zero-order valence-corrected chi connectivity index (χ0v) is 12.4. The molecule has 1 fully saturated rings. The predicted octanol–water partition coefficient (Wildman–Crippen LogP) is 2.65. The first kappa shape index (κ1) is 14.8. The van der Waals surface area contributed by atoms with Crippen LogP contribution in [0.4, 0.5) is 0 Å². The van der Waals surface area contributed by atoms with E-state index in [1.807, 2.05) is 13.0 Å². The van der Waals surface area contributed by atoms with E-state index in [1.54, 1.807) is 12.1 Å². The number of furan rings is 1. The van der Waals surface area contributed by atoms with Gasteiger partial charge in [-0.2, -0.15) is 0 Å². The number of carbonyl (C=O) groups excluding carboxylic acids is 1. The molecule has 1 aromatic heterocycles. The summed E-state index contributed by atoms with van der Waals surface area (Å²) in [6.45, 7) is 2.15. The van der Waals surface area contributed by atoms with Crippen LogP contribution in [0.25, 0.3) is 6.08 Å². The molecular formula is C13H13NO4S2. The van der Waals surface area contributed by atoms with Crippen molar-refractivity contribution >= 4 is 46.3 Å². The smallest absolute Gasteiger partial charge is 0.303 e. The summed E-state index contributed by atoms with van der Waals surface area (Å²) in [5.74, 6) is 0.304. The molecule has 1 N–H and O–H groups in total. The third-order valence-corrected chi connectivity index (χ3v) is 4.06. The summed E-state index contributed by atoms with van der Waals surface area (Å²) < 4.78 is 5.85. The SMILES string of the molecule is Cc1ccc(/C=C2/SC(=S)N(CCCC(=O)O)C2=O)o1. The maximum absolute atomic E-state index is 12.2. The largest absolute Gasteiger partial charge is 0.481 e. The molecule has 7 heteroatoms. The number of amides is 1. The quantitative estimate of drug-likeness (QED) is 0.666. The number of thiocarbonyl (C=S) groups is 1. The van der Waals surface area contributed by atoms with Gasteiger partial charge in [0.05, 0.1) is 4.91 Å². The number of rotatable bonds is 5. The van der Waals surface area contributed by atoms with Crippen LogP contribution in [0, 0.1) is 6.92 Å². The Bertz CT molecular complexity index is 591. The van der Waals surface area contributed by atoms with Crippen molar-refractivity contribution in [2.75, 3.05) is 6.54 Å². The van der Waals surface area contributed by atoms with E-state index >= 15 is 0 Å². The Morgan fingerprint density at radius 2 is 2.30 bits per heavy atom. The highest BCUT2D eigenvalue weighted by Crippen LogP contribution is 2.32. The maximum atomic E-state index is 12.2. The number of hydrogen-bond acceptors (Lipinski definition) is 5. The van der Waals surface area contributed by atoms with Crippen LogP contribution in [0.15, 0.2) is 21.5 Å². The number of aryl methyl sites for hydroxylation is 1. The highest BCUT2D eigenvalue weighted by atomic mass is 32.2. The molecule has 0 unspecified atom stereocenters. The van der Waals surface area contributed by atoms with Crippen LogP contribution < -0.4 is 0 Å². The van der Waals surface area contributed by atoms with E-state index in [-0.39, 0.29) is 12.3 Å². The number of nitrogens with zero attached hydrogens (tertiary/aromatic N) is 1. The molecule has 0 aliphatic carbocycles. The van der Waals surface area contributed by atoms with Crippen molar-refractivity contribution in [2.24, 2.45) is 0 Å². The molecule has 0 radical (unpaired) electrons. The van der Waals surface area contributed by atoms with Crippen LogP contribution in [0.1, 0.15) is 24.4 Å². The van der Waals surface area contributed by atoms with E-state index in [0.717, 1.165) is 5.76 Å². The lowest BCUT2D eigenvalue weighted by atomic mass is 10.3. The van der Waals surface area contributed by atoms with Gasteiger partial charge in [0.1, 0.15) is 15.8 Å². The summed E-state index contributed by atoms with van der Waals surface area (Å²) in [4.78, 5) is 24.6. The standard InChI is InChI=1S/C13H13NO4S2/c1-8-4-5-9(18-8)7-10-12(17)14(13(19)20-10)6-2-3-11(15)16/h4-5,7H,2-3,6H2,1H3,(H,15,16)/b10-7+. The molecule has 0 atom stereocenters. The third-order valence-electron chi connectivity index (χ3n) is 2.68. The van der Waals surface area contributed by atoms with Crippen LogP contribution in [0.5, 0.6) is 0 Å². The molecule has 106 valence electrons. The van der Waals surface area contributed by atoms with Crippen molar-refractivity contribution in [2.45, 2.75) is 19.8 Å². The van der Waals surface area contributed by atoms with Crippen LogP contribution in [-0.4, -0.2) is 32.7 Å². The highest BCUT2D eigenvalue weighted by molar-refractivity contribution is 8.26. The minimum Gasteiger partial charge on any atom is -0.481 e. The molecule has 0 bridgehead atoms. The fourth-order valence-corrected chi connectivity index (χ4v) is 3.03. The molecule has 2 rings (SSSR count). The Kier molecular flexibility index (Phi) is 4.61. The van der Waals surface area contributed by atoms with Gasteiger partial charge in [-0.1, -0.05) is 24.0 Å². The number of carboxylic acid groups (broad SMARTS) is 1. The average Bonchev–Trinajstić information content (AvgIpc) is 2.88. The van der Waals surface area contributed by atoms with Gasteiger partial charge in [0.15, 0.2) is 0 Å². The molecule has 1 amide bonds. The van der Waals surface area contributed by atoms with Gasteiger partial charge in [-0.3, -0.25) is 14.5 Å². The van der Waals surface area contributed by atoms with Gasteiger partial charge in [0.2, 0.25) is 0 Å². The third kappa shape index (κ3) is 3.49. The summed E-state index contributed by atoms with van der Waals surface area (Å²) in [5.41, 5.74) is 0. The van der Waals surface area contributed by atoms with Crippen molar-refractivity contribution in [3.05, 3.63) is 28.6 Å². The van der Waals surface area contributed by atoms with Gasteiger partial charge >= 0.3 is 5.97 Å². The molecule has 5 nitrogen and oxygen atoms in total. The first-order valence-corrected chi connectivity index (χ1v) is 7.23. The summed E-state index contributed by atoms with van der Waals surface area (Å²) in [6, 6.07) is 3.60. The van der Waals surface area contributed by atoms with Gasteiger partial charge in [-0.15, -0.1) is 0 Å². The van der Waals surface area contributed by atoms with Crippen LogP contribution in [-0.2, 0) is 9.59 Å². The lowest BCUT2D eigenvalue weighted by Gasteiger charge is -2.13. The fraction of sp³-hybridized carbons (Fsp3) is 0.308. The Hall–Kier alpha value is -1.60. The van der Waals surface area contributed by atoms with E-state index < -0.39 is 5.97 Å². The molecular weight excluding hydrogens is 298 g/mol. The zero-order chi connectivity index (χ0) is 14.7. The van der Waals surface area contributed by atoms with Gasteiger partial charge in [0.25, 0.3) is 5.91 Å². The molecule has 0 spiro atoms. The second-order valence-corrected chi connectivity index (χ2v) is 5.95. The molecule has 20 heavy (non-hydrogen) atoms. The first-order chi connectivity index (χ1) is 9.47. The van der Waals surface area contributed by atoms with Gasteiger partial charge in [0, 0.05) is 19.0 Å². The Balaban J connectivity index is 2.04. The zero-order valence-electron chi connectivity index (χ0n) is 10.8. The van der Waals surface area contributed by atoms with Crippen molar-refractivity contribution in [3.63, 3.8) is 0 Å². The highest BCUT2D eigenvalue weighted by Gasteiger charge is 2.31. The minimum absolute atomic E-state index is 0.0213. The number of carbonyl (C=O) groups is 2. The second-order valence-electron chi connectivity index (χ2n) is 4.28. The van der Waals surface area contributed by atoms with E-state index in [0.29, 0.717) is 28.0 Å². The van der Waals surface area contributed by atoms with Crippen molar-refractivity contribution in [3.8, 4) is 0 Å². The summed E-state index contributed by atoms with van der Waals surface area (Å²) >= 11 is 6.35. The average molecular weight is 311 g/mol. The topological polar surface area (TPSA) is 70.8 Å². The number of aliphatic carboxylic acids is 1. The molecule has 0 aromatic carbocycles. The molecule has 0 saturated carbocycles. The maximum Gasteiger partial charge on any atom is 0.303 e. The second kappa shape index (κ2) is 6.23. The van der Waals surface area contributed by atoms with Crippen LogP contribution in [0.3, 0.4) is 0 Å². The van der Waals surface area contributed by atoms with Crippen molar-refractivity contribution in [1.29, 1.82) is 0 Å². The van der Waals surface area contributed by atoms with Crippen molar-refractivity contribution < 1.29 is 19.1 Å². The number of hydrogen-bond donors (Lipinski definition) is 1. The molecule has 1 saturated heterocycles. The molecule has 2 heterocycles. The van der Waals surface area contributed by atoms with Crippen molar-refractivity contribution in [1.82, 2.24) is 4.90 Å².